The zero-order chi connectivity index (χ0) is 11.5. The van der Waals surface area contributed by atoms with E-state index in [4.69, 9.17) is 5.21 Å². The van der Waals surface area contributed by atoms with E-state index < -0.39 is 0 Å². The molecule has 0 amide bonds. The predicted molar refractivity (Wildman–Crippen MR) is 65.8 cm³/mol. The summed E-state index contributed by atoms with van der Waals surface area (Å²) in [4.78, 5) is 2.30. The monoisotopic (exact) mass is 220 g/mol. The van der Waals surface area contributed by atoms with Gasteiger partial charge in [-0.1, -0.05) is 17.3 Å². The quantitative estimate of drug-likeness (QED) is 0.438. The van der Waals surface area contributed by atoms with Crippen molar-refractivity contribution in [1.29, 1.82) is 0 Å². The molecule has 0 unspecified atom stereocenters. The summed E-state index contributed by atoms with van der Waals surface area (Å²) in [6.45, 7) is 9.24. The maximum absolute atomic E-state index is 9.15. The third kappa shape index (κ3) is 1.80. The first-order valence-corrected chi connectivity index (χ1v) is 5.99. The molecule has 2 aliphatic rings. The van der Waals surface area contributed by atoms with Gasteiger partial charge in [-0.05, 0) is 25.2 Å². The van der Waals surface area contributed by atoms with E-state index in [1.165, 1.54) is 19.3 Å². The Morgan fingerprint density at radius 3 is 2.56 bits per heavy atom. The fraction of sp³-hybridized carbons (Fsp3) is 0.615. The van der Waals surface area contributed by atoms with Crippen LogP contribution in [0.25, 0.3) is 0 Å². The summed E-state index contributed by atoms with van der Waals surface area (Å²) in [6.07, 6.45) is 7.46. The van der Waals surface area contributed by atoms with E-state index in [0.29, 0.717) is 17.9 Å². The van der Waals surface area contributed by atoms with Gasteiger partial charge in [-0.2, -0.15) is 0 Å². The van der Waals surface area contributed by atoms with Crippen molar-refractivity contribution in [2.75, 3.05) is 13.1 Å². The Balaban J connectivity index is 2.16. The van der Waals surface area contributed by atoms with Crippen LogP contribution in [0.1, 0.15) is 19.3 Å². The molecule has 2 bridgehead atoms. The largest absolute Gasteiger partial charge is 0.411 e. The Labute approximate surface area is 97.1 Å². The Morgan fingerprint density at radius 2 is 2.00 bits per heavy atom. The second-order valence-corrected chi connectivity index (χ2v) is 4.77. The van der Waals surface area contributed by atoms with Crippen LogP contribution in [0.3, 0.4) is 0 Å². The van der Waals surface area contributed by atoms with E-state index in [9.17, 15) is 0 Å². The van der Waals surface area contributed by atoms with Gasteiger partial charge in [0.2, 0.25) is 0 Å². The van der Waals surface area contributed by atoms with Crippen molar-refractivity contribution in [3.63, 3.8) is 0 Å². The van der Waals surface area contributed by atoms with Crippen molar-refractivity contribution in [3.05, 3.63) is 25.3 Å². The Bertz CT molecular complexity index is 301. The third-order valence-electron chi connectivity index (χ3n) is 3.88. The van der Waals surface area contributed by atoms with Crippen LogP contribution in [-0.2, 0) is 0 Å². The van der Waals surface area contributed by atoms with Crippen molar-refractivity contribution in [2.24, 2.45) is 17.0 Å². The van der Waals surface area contributed by atoms with Crippen LogP contribution in [0, 0.1) is 11.8 Å². The lowest BCUT2D eigenvalue weighted by atomic mass is 9.92. The number of rotatable bonds is 5. The van der Waals surface area contributed by atoms with Crippen LogP contribution < -0.4 is 0 Å². The Morgan fingerprint density at radius 1 is 1.31 bits per heavy atom. The fourth-order valence-corrected chi connectivity index (χ4v) is 3.31. The second-order valence-electron chi connectivity index (χ2n) is 4.77. The van der Waals surface area contributed by atoms with Crippen molar-refractivity contribution >= 4 is 5.71 Å². The van der Waals surface area contributed by atoms with Gasteiger partial charge >= 0.3 is 0 Å². The molecule has 2 saturated carbocycles. The molecule has 2 rings (SSSR count). The lowest BCUT2D eigenvalue weighted by molar-refractivity contribution is 0.228. The topological polar surface area (TPSA) is 35.8 Å². The van der Waals surface area contributed by atoms with Crippen molar-refractivity contribution in [2.45, 2.75) is 25.3 Å². The maximum atomic E-state index is 9.15. The SMILES string of the molecule is C=CCN(CC=C)[C@@H]1/C(=N\O)[C@H]2CC[C@H]1C2. The summed E-state index contributed by atoms with van der Waals surface area (Å²) in [5, 5.41) is 12.7. The number of hydrogen-bond acceptors (Lipinski definition) is 3. The zero-order valence-electron chi connectivity index (χ0n) is 9.68. The summed E-state index contributed by atoms with van der Waals surface area (Å²) < 4.78 is 0. The fourth-order valence-electron chi connectivity index (χ4n) is 3.31. The molecular weight excluding hydrogens is 200 g/mol. The van der Waals surface area contributed by atoms with Crippen LogP contribution >= 0.6 is 0 Å². The third-order valence-corrected chi connectivity index (χ3v) is 3.88. The van der Waals surface area contributed by atoms with E-state index in [2.05, 4.69) is 23.2 Å². The van der Waals surface area contributed by atoms with Gasteiger partial charge in [0.05, 0.1) is 11.8 Å². The van der Waals surface area contributed by atoms with E-state index in [1.54, 1.807) is 0 Å². The zero-order valence-corrected chi connectivity index (χ0v) is 9.68. The highest BCUT2D eigenvalue weighted by Crippen LogP contribution is 2.44. The summed E-state index contributed by atoms with van der Waals surface area (Å²) in [5.74, 6) is 1.17. The highest BCUT2D eigenvalue weighted by atomic mass is 16.4. The van der Waals surface area contributed by atoms with Crippen LogP contribution in [-0.4, -0.2) is 35.0 Å². The average molecular weight is 220 g/mol. The molecule has 0 spiro atoms. The van der Waals surface area contributed by atoms with Crippen LogP contribution in [0.4, 0.5) is 0 Å². The Hall–Kier alpha value is -1.09. The van der Waals surface area contributed by atoms with Gasteiger partial charge in [0.25, 0.3) is 0 Å². The second kappa shape index (κ2) is 4.83. The summed E-state index contributed by atoms with van der Waals surface area (Å²) in [7, 11) is 0. The summed E-state index contributed by atoms with van der Waals surface area (Å²) >= 11 is 0. The van der Waals surface area contributed by atoms with E-state index in [-0.39, 0.29) is 0 Å². The van der Waals surface area contributed by atoms with Crippen molar-refractivity contribution < 1.29 is 5.21 Å². The van der Waals surface area contributed by atoms with E-state index in [1.807, 2.05) is 12.2 Å². The molecule has 16 heavy (non-hydrogen) atoms. The maximum Gasteiger partial charge on any atom is 0.0775 e. The van der Waals surface area contributed by atoms with Crippen molar-refractivity contribution in [3.8, 4) is 0 Å². The van der Waals surface area contributed by atoms with Gasteiger partial charge in [-0.15, -0.1) is 13.2 Å². The lowest BCUT2D eigenvalue weighted by Gasteiger charge is -2.33. The van der Waals surface area contributed by atoms with Gasteiger partial charge in [-0.25, -0.2) is 0 Å². The van der Waals surface area contributed by atoms with E-state index in [0.717, 1.165) is 18.8 Å². The molecule has 0 heterocycles. The normalized spacial score (nSPS) is 34.8. The molecular formula is C13H20N2O. The molecule has 0 aromatic rings. The number of nitrogens with zero attached hydrogens (tertiary/aromatic N) is 2. The minimum Gasteiger partial charge on any atom is -0.411 e. The molecule has 0 aromatic heterocycles. The number of fused-ring (bicyclic) bond motifs is 2. The summed E-state index contributed by atoms with van der Waals surface area (Å²) in [5.41, 5.74) is 0.986. The van der Waals surface area contributed by atoms with Crippen LogP contribution in [0.15, 0.2) is 30.5 Å². The predicted octanol–water partition coefficient (Wildman–Crippen LogP) is 2.29. The van der Waals surface area contributed by atoms with Crippen LogP contribution in [0.2, 0.25) is 0 Å². The highest BCUT2D eigenvalue weighted by Gasteiger charge is 2.47. The first-order chi connectivity index (χ1) is 7.81. The standard InChI is InChI=1S/C13H20N2O/c1-3-7-15(8-4-2)13-11-6-5-10(9-11)12(13)14-16/h3-4,10-11,13,16H,1-2,5-9H2/b14-12-/t10-,11-,13-/m0/s1. The van der Waals surface area contributed by atoms with Gasteiger partial charge in [0.1, 0.15) is 0 Å². The van der Waals surface area contributed by atoms with Crippen molar-refractivity contribution in [1.82, 2.24) is 4.90 Å². The molecule has 0 radical (unpaired) electrons. The molecule has 1 N–H and O–H groups in total. The molecule has 3 nitrogen and oxygen atoms in total. The molecule has 2 fully saturated rings. The first kappa shape index (κ1) is 11.4. The van der Waals surface area contributed by atoms with Crippen LogP contribution in [0.5, 0.6) is 0 Å². The minimum atomic E-state index is 0.305. The van der Waals surface area contributed by atoms with Gasteiger partial charge in [0.15, 0.2) is 0 Å². The van der Waals surface area contributed by atoms with Gasteiger partial charge in [0, 0.05) is 19.0 Å². The highest BCUT2D eigenvalue weighted by molar-refractivity contribution is 5.94. The first-order valence-electron chi connectivity index (χ1n) is 5.99. The number of hydrogen-bond donors (Lipinski definition) is 1. The molecule has 3 heteroatoms. The smallest absolute Gasteiger partial charge is 0.0775 e. The lowest BCUT2D eigenvalue weighted by Crippen LogP contribution is -2.45. The molecule has 0 aliphatic heterocycles. The molecule has 0 aromatic carbocycles. The Kier molecular flexibility index (Phi) is 3.44. The molecule has 2 aliphatic carbocycles. The van der Waals surface area contributed by atoms with Gasteiger partial charge < -0.3 is 5.21 Å². The van der Waals surface area contributed by atoms with E-state index >= 15 is 0 Å². The summed E-state index contributed by atoms with van der Waals surface area (Å²) in [6, 6.07) is 0.305. The molecule has 88 valence electrons. The minimum absolute atomic E-state index is 0.305. The molecule has 3 atom stereocenters. The molecule has 0 saturated heterocycles. The average Bonchev–Trinajstić information content (AvgIpc) is 2.88. The van der Waals surface area contributed by atoms with Gasteiger partial charge in [-0.3, -0.25) is 4.90 Å². The number of oxime groups is 1.